The van der Waals surface area contributed by atoms with E-state index in [-0.39, 0.29) is 22.6 Å². The number of nitriles is 2. The number of ether oxygens (including phenoxy) is 1. The number of hydrogen-bond acceptors (Lipinski definition) is 4. The van der Waals surface area contributed by atoms with Crippen LogP contribution < -0.4 is 4.74 Å². The van der Waals surface area contributed by atoms with E-state index in [0.29, 0.717) is 5.76 Å². The van der Waals surface area contributed by atoms with Crippen LogP contribution in [0.2, 0.25) is 0 Å². The zero-order valence-electron chi connectivity index (χ0n) is 11.1. The van der Waals surface area contributed by atoms with E-state index in [0.717, 1.165) is 6.42 Å². The van der Waals surface area contributed by atoms with Gasteiger partial charge in [0.1, 0.15) is 40.5 Å². The Balaban J connectivity index is 3.19. The molecule has 0 amide bonds. The highest BCUT2D eigenvalue weighted by Gasteiger charge is 2.14. The first-order chi connectivity index (χ1) is 9.67. The van der Waals surface area contributed by atoms with Crippen molar-refractivity contribution in [3.63, 3.8) is 0 Å². The van der Waals surface area contributed by atoms with Crippen molar-refractivity contribution in [3.05, 3.63) is 59.9 Å². The van der Waals surface area contributed by atoms with Crippen LogP contribution in [0, 0.1) is 22.7 Å². The standard InChI is InChI=1S/C16H14N2O2/c1-3-5-6-7-12(4-2)20-16-9-8-15(19)13(10-17)14(16)11-18/h4-9,19H,2-3H2,1H3/b6-5-,12-7+. The van der Waals surface area contributed by atoms with E-state index in [2.05, 4.69) is 6.58 Å². The summed E-state index contributed by atoms with van der Waals surface area (Å²) in [7, 11) is 0. The minimum atomic E-state index is -0.244. The van der Waals surface area contributed by atoms with Crippen molar-refractivity contribution in [2.45, 2.75) is 13.3 Å². The third-order valence-electron chi connectivity index (χ3n) is 2.43. The van der Waals surface area contributed by atoms with Crippen molar-refractivity contribution in [2.24, 2.45) is 0 Å². The summed E-state index contributed by atoms with van der Waals surface area (Å²) >= 11 is 0. The summed E-state index contributed by atoms with van der Waals surface area (Å²) in [5.41, 5.74) is -0.0998. The predicted molar refractivity (Wildman–Crippen MR) is 75.9 cm³/mol. The molecular weight excluding hydrogens is 252 g/mol. The Kier molecular flexibility index (Phi) is 5.62. The highest BCUT2D eigenvalue weighted by Crippen LogP contribution is 2.29. The first-order valence-corrected chi connectivity index (χ1v) is 6.01. The number of aromatic hydroxyl groups is 1. The van der Waals surface area contributed by atoms with Crippen LogP contribution in [0.4, 0.5) is 0 Å². The Morgan fingerprint density at radius 3 is 2.60 bits per heavy atom. The van der Waals surface area contributed by atoms with Crippen molar-refractivity contribution in [2.75, 3.05) is 0 Å². The van der Waals surface area contributed by atoms with E-state index in [1.165, 1.54) is 18.2 Å². The molecule has 0 fully saturated rings. The third-order valence-corrected chi connectivity index (χ3v) is 2.43. The van der Waals surface area contributed by atoms with Gasteiger partial charge in [-0.2, -0.15) is 10.5 Å². The lowest BCUT2D eigenvalue weighted by Crippen LogP contribution is -1.96. The van der Waals surface area contributed by atoms with Crippen molar-refractivity contribution >= 4 is 0 Å². The SMILES string of the molecule is C=C/C(=C\C=C/CC)Oc1ccc(O)c(C#N)c1C#N. The van der Waals surface area contributed by atoms with Gasteiger partial charge in [0, 0.05) is 0 Å². The first-order valence-electron chi connectivity index (χ1n) is 6.01. The second-order valence-corrected chi connectivity index (χ2v) is 3.77. The maximum absolute atomic E-state index is 9.54. The molecule has 0 aliphatic carbocycles. The zero-order valence-corrected chi connectivity index (χ0v) is 11.1. The van der Waals surface area contributed by atoms with Crippen LogP contribution in [0.1, 0.15) is 24.5 Å². The molecule has 1 aromatic rings. The lowest BCUT2D eigenvalue weighted by atomic mass is 10.1. The van der Waals surface area contributed by atoms with E-state index in [9.17, 15) is 5.11 Å². The topological polar surface area (TPSA) is 77.0 Å². The van der Waals surface area contributed by atoms with Crippen molar-refractivity contribution in [3.8, 4) is 23.6 Å². The Bertz CT molecular complexity index is 644. The maximum Gasteiger partial charge on any atom is 0.146 e. The van der Waals surface area contributed by atoms with Crippen molar-refractivity contribution in [1.29, 1.82) is 10.5 Å². The highest BCUT2D eigenvalue weighted by molar-refractivity contribution is 5.60. The second kappa shape index (κ2) is 7.45. The fourth-order valence-electron chi connectivity index (χ4n) is 1.45. The molecule has 0 heterocycles. The third kappa shape index (κ3) is 3.51. The predicted octanol–water partition coefficient (Wildman–Crippen LogP) is 3.55. The van der Waals surface area contributed by atoms with Gasteiger partial charge in [0.05, 0.1) is 0 Å². The largest absolute Gasteiger partial charge is 0.507 e. The van der Waals surface area contributed by atoms with Gasteiger partial charge >= 0.3 is 0 Å². The molecule has 1 rings (SSSR count). The Morgan fingerprint density at radius 2 is 2.05 bits per heavy atom. The van der Waals surface area contributed by atoms with Crippen LogP contribution in [0.5, 0.6) is 11.5 Å². The van der Waals surface area contributed by atoms with E-state index < -0.39 is 0 Å². The van der Waals surface area contributed by atoms with Gasteiger partial charge in [-0.05, 0) is 30.7 Å². The molecule has 20 heavy (non-hydrogen) atoms. The Morgan fingerprint density at radius 1 is 1.35 bits per heavy atom. The molecule has 0 unspecified atom stereocenters. The van der Waals surface area contributed by atoms with Crippen LogP contribution in [-0.2, 0) is 0 Å². The summed E-state index contributed by atoms with van der Waals surface area (Å²) < 4.78 is 5.54. The number of allylic oxidation sites excluding steroid dienone is 4. The van der Waals surface area contributed by atoms with Gasteiger partial charge in [0.15, 0.2) is 0 Å². The normalized spacial score (nSPS) is 10.8. The number of nitrogens with zero attached hydrogens (tertiary/aromatic N) is 2. The Hall–Kier alpha value is -2.98. The van der Waals surface area contributed by atoms with Gasteiger partial charge in [-0.1, -0.05) is 25.7 Å². The molecule has 4 nitrogen and oxygen atoms in total. The minimum Gasteiger partial charge on any atom is -0.507 e. The highest BCUT2D eigenvalue weighted by atomic mass is 16.5. The molecule has 100 valence electrons. The fraction of sp³-hybridized carbons (Fsp3) is 0.125. The fourth-order valence-corrected chi connectivity index (χ4v) is 1.45. The number of phenols is 1. The molecule has 0 atom stereocenters. The smallest absolute Gasteiger partial charge is 0.146 e. The van der Waals surface area contributed by atoms with E-state index in [1.54, 1.807) is 12.1 Å². The molecule has 4 heteroatoms. The average Bonchev–Trinajstić information content (AvgIpc) is 2.47. The number of hydrogen-bond donors (Lipinski definition) is 1. The minimum absolute atomic E-state index is 0.000258. The molecule has 0 saturated heterocycles. The van der Waals surface area contributed by atoms with Crippen molar-refractivity contribution in [1.82, 2.24) is 0 Å². The molecule has 1 N–H and O–H groups in total. The average molecular weight is 266 g/mol. The summed E-state index contributed by atoms with van der Waals surface area (Å²) in [6, 6.07) is 6.41. The first kappa shape index (κ1) is 15.1. The van der Waals surface area contributed by atoms with E-state index in [4.69, 9.17) is 15.3 Å². The second-order valence-electron chi connectivity index (χ2n) is 3.77. The van der Waals surface area contributed by atoms with Crippen molar-refractivity contribution < 1.29 is 9.84 Å². The van der Waals surface area contributed by atoms with Gasteiger partial charge in [0.25, 0.3) is 0 Å². The maximum atomic E-state index is 9.54. The summed E-state index contributed by atoms with van der Waals surface area (Å²) in [6.45, 7) is 5.63. The molecule has 0 aromatic heterocycles. The van der Waals surface area contributed by atoms with Crippen LogP contribution in [0.3, 0.4) is 0 Å². The molecule has 0 aliphatic rings. The molecule has 0 aliphatic heterocycles. The lowest BCUT2D eigenvalue weighted by Gasteiger charge is -2.09. The van der Waals surface area contributed by atoms with Gasteiger partial charge in [0.2, 0.25) is 0 Å². The number of benzene rings is 1. The Labute approximate surface area is 118 Å². The summed E-state index contributed by atoms with van der Waals surface area (Å²) in [6.07, 6.45) is 7.85. The molecule has 0 spiro atoms. The monoisotopic (exact) mass is 266 g/mol. The van der Waals surface area contributed by atoms with Crippen LogP contribution in [0.15, 0.2) is 48.8 Å². The van der Waals surface area contributed by atoms with E-state index >= 15 is 0 Å². The molecule has 0 bridgehead atoms. The lowest BCUT2D eigenvalue weighted by molar-refractivity contribution is 0.437. The van der Waals surface area contributed by atoms with Gasteiger partial charge in [-0.15, -0.1) is 0 Å². The number of rotatable bonds is 5. The molecule has 1 aromatic carbocycles. The van der Waals surface area contributed by atoms with Crippen LogP contribution in [0.25, 0.3) is 0 Å². The zero-order chi connectivity index (χ0) is 15.0. The summed E-state index contributed by atoms with van der Waals surface area (Å²) in [5.74, 6) is 0.407. The van der Waals surface area contributed by atoms with Gasteiger partial charge in [-0.25, -0.2) is 0 Å². The quantitative estimate of drug-likeness (QED) is 0.653. The molecule has 0 saturated carbocycles. The number of phenolic OH excluding ortho intramolecular Hbond substituents is 1. The van der Waals surface area contributed by atoms with Crippen LogP contribution in [-0.4, -0.2) is 5.11 Å². The molecular formula is C16H14N2O2. The summed E-state index contributed by atoms with van der Waals surface area (Å²) in [5, 5.41) is 27.6. The van der Waals surface area contributed by atoms with Gasteiger partial charge in [-0.3, -0.25) is 0 Å². The van der Waals surface area contributed by atoms with E-state index in [1.807, 2.05) is 25.1 Å². The van der Waals surface area contributed by atoms with Gasteiger partial charge < -0.3 is 9.84 Å². The molecule has 0 radical (unpaired) electrons. The van der Waals surface area contributed by atoms with Crippen LogP contribution >= 0.6 is 0 Å². The summed E-state index contributed by atoms with van der Waals surface area (Å²) in [4.78, 5) is 0.